The Morgan fingerprint density at radius 1 is 1.00 bits per heavy atom. The molecule has 0 bridgehead atoms. The Hall–Kier alpha value is -3.49. The molecular formula is C24H19N5OS2. The first-order chi connectivity index (χ1) is 15.7. The van der Waals surface area contributed by atoms with E-state index in [0.29, 0.717) is 27.6 Å². The van der Waals surface area contributed by atoms with Crippen molar-refractivity contribution in [1.29, 1.82) is 0 Å². The monoisotopic (exact) mass is 457 g/mol. The summed E-state index contributed by atoms with van der Waals surface area (Å²) in [5.41, 5.74) is 3.39. The molecule has 0 saturated carbocycles. The third-order valence-electron chi connectivity index (χ3n) is 4.86. The van der Waals surface area contributed by atoms with E-state index in [1.807, 2.05) is 73.0 Å². The predicted octanol–water partition coefficient (Wildman–Crippen LogP) is 5.58. The minimum atomic E-state index is -0.121. The Balaban J connectivity index is 1.47. The maximum absolute atomic E-state index is 13.4. The van der Waals surface area contributed by atoms with Crippen molar-refractivity contribution in [2.24, 2.45) is 0 Å². The molecule has 6 nitrogen and oxygen atoms in total. The molecule has 158 valence electrons. The van der Waals surface area contributed by atoms with E-state index in [0.717, 1.165) is 22.1 Å². The lowest BCUT2D eigenvalue weighted by molar-refractivity contribution is 0.789. The number of aromatic nitrogens is 4. The molecule has 8 heteroatoms. The van der Waals surface area contributed by atoms with Crippen LogP contribution in [0.5, 0.6) is 0 Å². The van der Waals surface area contributed by atoms with Crippen molar-refractivity contribution < 1.29 is 0 Å². The van der Waals surface area contributed by atoms with E-state index < -0.39 is 0 Å². The van der Waals surface area contributed by atoms with Crippen LogP contribution >= 0.6 is 23.1 Å². The molecule has 0 fully saturated rings. The van der Waals surface area contributed by atoms with Gasteiger partial charge in [-0.1, -0.05) is 48.2 Å². The Morgan fingerprint density at radius 2 is 1.81 bits per heavy atom. The zero-order valence-electron chi connectivity index (χ0n) is 17.2. The minimum Gasteiger partial charge on any atom is -0.332 e. The van der Waals surface area contributed by atoms with Crippen molar-refractivity contribution in [1.82, 2.24) is 19.5 Å². The second kappa shape index (κ2) is 8.94. The van der Waals surface area contributed by atoms with E-state index >= 15 is 0 Å². The van der Waals surface area contributed by atoms with Gasteiger partial charge in [0, 0.05) is 23.0 Å². The molecule has 2 aromatic carbocycles. The fraction of sp³-hybridized carbons (Fsp3) is 0.0833. The highest BCUT2D eigenvalue weighted by molar-refractivity contribution is 7.98. The molecule has 0 spiro atoms. The number of rotatable bonds is 6. The molecule has 0 aliphatic carbocycles. The van der Waals surface area contributed by atoms with Crippen molar-refractivity contribution in [3.8, 4) is 5.82 Å². The lowest BCUT2D eigenvalue weighted by Gasteiger charge is -2.13. The average Bonchev–Trinajstić information content (AvgIpc) is 3.26. The van der Waals surface area contributed by atoms with E-state index in [9.17, 15) is 4.79 Å². The first kappa shape index (κ1) is 20.4. The van der Waals surface area contributed by atoms with Crippen molar-refractivity contribution in [3.63, 3.8) is 0 Å². The van der Waals surface area contributed by atoms with Gasteiger partial charge < -0.3 is 5.32 Å². The van der Waals surface area contributed by atoms with Gasteiger partial charge in [0.05, 0.1) is 16.6 Å². The molecule has 32 heavy (non-hydrogen) atoms. The van der Waals surface area contributed by atoms with Gasteiger partial charge in [0.2, 0.25) is 0 Å². The topological polar surface area (TPSA) is 72.7 Å². The summed E-state index contributed by atoms with van der Waals surface area (Å²) in [4.78, 5) is 27.3. The van der Waals surface area contributed by atoms with E-state index in [2.05, 4.69) is 15.3 Å². The molecule has 0 unspecified atom stereocenters. The van der Waals surface area contributed by atoms with Crippen LogP contribution in [0.25, 0.3) is 16.7 Å². The Kier molecular flexibility index (Phi) is 5.70. The Morgan fingerprint density at radius 3 is 2.66 bits per heavy atom. The standard InChI is InChI=1S/C24H19N5OS2/c1-16-8-7-13-25-21(16)29-22(30)19-11-5-6-12-20(19)28-24(29)32-15-18-14-31-23(27-18)26-17-9-3-2-4-10-17/h2-14H,15H2,1H3,(H,26,27). The maximum Gasteiger partial charge on any atom is 0.267 e. The summed E-state index contributed by atoms with van der Waals surface area (Å²) in [5, 5.41) is 7.34. The molecule has 3 aromatic heterocycles. The van der Waals surface area contributed by atoms with E-state index in [4.69, 9.17) is 4.98 Å². The normalized spacial score (nSPS) is 11.0. The first-order valence-electron chi connectivity index (χ1n) is 10.0. The number of nitrogens with zero attached hydrogens (tertiary/aromatic N) is 4. The molecule has 5 aromatic rings. The quantitative estimate of drug-likeness (QED) is 0.265. The van der Waals surface area contributed by atoms with Crippen LogP contribution in [-0.2, 0) is 5.75 Å². The second-order valence-corrected chi connectivity index (χ2v) is 8.92. The average molecular weight is 458 g/mol. The summed E-state index contributed by atoms with van der Waals surface area (Å²) >= 11 is 3.03. The van der Waals surface area contributed by atoms with Gasteiger partial charge in [-0.05, 0) is 42.8 Å². The van der Waals surface area contributed by atoms with Gasteiger partial charge in [0.1, 0.15) is 5.82 Å². The lowest BCUT2D eigenvalue weighted by Crippen LogP contribution is -2.23. The number of benzene rings is 2. The molecule has 3 heterocycles. The van der Waals surface area contributed by atoms with Crippen LogP contribution in [0.1, 0.15) is 11.3 Å². The van der Waals surface area contributed by atoms with Gasteiger partial charge in [-0.2, -0.15) is 0 Å². The number of pyridine rings is 1. The predicted molar refractivity (Wildman–Crippen MR) is 131 cm³/mol. The maximum atomic E-state index is 13.4. The molecule has 0 saturated heterocycles. The van der Waals surface area contributed by atoms with Gasteiger partial charge in [0.25, 0.3) is 5.56 Å². The number of hydrogen-bond donors (Lipinski definition) is 1. The molecule has 0 radical (unpaired) electrons. The van der Waals surface area contributed by atoms with Gasteiger partial charge in [-0.3, -0.25) is 4.79 Å². The molecule has 1 N–H and O–H groups in total. The molecular weight excluding hydrogens is 438 g/mol. The van der Waals surface area contributed by atoms with Crippen LogP contribution < -0.4 is 10.9 Å². The third kappa shape index (κ3) is 4.15. The summed E-state index contributed by atoms with van der Waals surface area (Å²) in [6.45, 7) is 1.94. The molecule has 0 atom stereocenters. The van der Waals surface area contributed by atoms with E-state index in [1.54, 1.807) is 28.2 Å². The van der Waals surface area contributed by atoms with Crippen LogP contribution in [0.15, 0.2) is 88.3 Å². The number of fused-ring (bicyclic) bond motifs is 1. The third-order valence-corrected chi connectivity index (χ3v) is 6.64. The lowest BCUT2D eigenvalue weighted by atomic mass is 10.2. The zero-order chi connectivity index (χ0) is 21.9. The number of nitrogens with one attached hydrogen (secondary N) is 1. The smallest absolute Gasteiger partial charge is 0.267 e. The van der Waals surface area contributed by atoms with Crippen molar-refractivity contribution >= 4 is 44.8 Å². The fourth-order valence-corrected chi connectivity index (χ4v) is 5.04. The number of para-hydroxylation sites is 2. The van der Waals surface area contributed by atoms with Crippen LogP contribution in [0.4, 0.5) is 10.8 Å². The van der Waals surface area contributed by atoms with Crippen LogP contribution in [-0.4, -0.2) is 19.5 Å². The van der Waals surface area contributed by atoms with E-state index in [-0.39, 0.29) is 5.56 Å². The van der Waals surface area contributed by atoms with E-state index in [1.165, 1.54) is 11.8 Å². The molecule has 0 aliphatic rings. The summed E-state index contributed by atoms with van der Waals surface area (Å²) in [6, 6.07) is 21.2. The van der Waals surface area contributed by atoms with Crippen LogP contribution in [0, 0.1) is 6.92 Å². The summed E-state index contributed by atoms with van der Waals surface area (Å²) in [6.07, 6.45) is 1.69. The van der Waals surface area contributed by atoms with Crippen molar-refractivity contribution in [2.75, 3.05) is 5.32 Å². The molecule has 0 aliphatic heterocycles. The summed E-state index contributed by atoms with van der Waals surface area (Å²) in [5.74, 6) is 1.19. The molecule has 5 rings (SSSR count). The first-order valence-corrected chi connectivity index (χ1v) is 11.9. The van der Waals surface area contributed by atoms with Gasteiger partial charge >= 0.3 is 0 Å². The van der Waals surface area contributed by atoms with Gasteiger partial charge in [0.15, 0.2) is 10.3 Å². The zero-order valence-corrected chi connectivity index (χ0v) is 18.9. The second-order valence-electron chi connectivity index (χ2n) is 7.12. The van der Waals surface area contributed by atoms with Gasteiger partial charge in [-0.15, -0.1) is 11.3 Å². The number of thiazole rings is 1. The Bertz CT molecular complexity index is 1450. The fourth-order valence-electron chi connectivity index (χ4n) is 3.32. The number of thioether (sulfide) groups is 1. The number of anilines is 2. The van der Waals surface area contributed by atoms with Crippen molar-refractivity contribution in [2.45, 2.75) is 17.8 Å². The van der Waals surface area contributed by atoms with Crippen molar-refractivity contribution in [3.05, 3.63) is 99.9 Å². The summed E-state index contributed by atoms with van der Waals surface area (Å²) < 4.78 is 1.61. The van der Waals surface area contributed by atoms with Crippen LogP contribution in [0.3, 0.4) is 0 Å². The van der Waals surface area contributed by atoms with Gasteiger partial charge in [-0.25, -0.2) is 19.5 Å². The SMILES string of the molecule is Cc1cccnc1-n1c(SCc2csc(Nc3ccccc3)n2)nc2ccccc2c1=O. The number of aryl methyl sites for hydroxylation is 1. The van der Waals surface area contributed by atoms with Crippen LogP contribution in [0.2, 0.25) is 0 Å². The highest BCUT2D eigenvalue weighted by Gasteiger charge is 2.16. The number of hydrogen-bond acceptors (Lipinski definition) is 7. The summed E-state index contributed by atoms with van der Waals surface area (Å²) in [7, 11) is 0. The Labute approximate surface area is 193 Å². The highest BCUT2D eigenvalue weighted by Crippen LogP contribution is 2.27. The highest BCUT2D eigenvalue weighted by atomic mass is 32.2. The molecule has 0 amide bonds. The largest absolute Gasteiger partial charge is 0.332 e. The minimum absolute atomic E-state index is 0.121.